The van der Waals surface area contributed by atoms with Gasteiger partial charge >= 0.3 is 5.97 Å². The van der Waals surface area contributed by atoms with Crippen molar-refractivity contribution in [2.75, 3.05) is 12.0 Å². The highest BCUT2D eigenvalue weighted by molar-refractivity contribution is 6.23. The van der Waals surface area contributed by atoms with Gasteiger partial charge in [-0.25, -0.2) is 4.79 Å². The van der Waals surface area contributed by atoms with Crippen LogP contribution in [0.4, 0.5) is 5.69 Å². The molecular weight excluding hydrogens is 326 g/mol. The van der Waals surface area contributed by atoms with Gasteiger partial charge in [0.2, 0.25) is 0 Å². The Morgan fingerprint density at radius 3 is 2.31 bits per heavy atom. The van der Waals surface area contributed by atoms with Gasteiger partial charge in [0.05, 0.1) is 18.3 Å². The van der Waals surface area contributed by atoms with Crippen molar-refractivity contribution in [1.82, 2.24) is 0 Å². The molecule has 4 nitrogen and oxygen atoms in total. The van der Waals surface area contributed by atoms with Crippen molar-refractivity contribution in [2.24, 2.45) is 0 Å². The molecule has 2 aromatic rings. The molecule has 0 aromatic heterocycles. The normalized spacial score (nSPS) is 15.8. The highest BCUT2D eigenvalue weighted by atomic mass is 16.5. The van der Waals surface area contributed by atoms with E-state index in [1.165, 1.54) is 7.11 Å². The average molecular weight is 347 g/mol. The van der Waals surface area contributed by atoms with E-state index >= 15 is 0 Å². The largest absolute Gasteiger partial charge is 0.465 e. The van der Waals surface area contributed by atoms with Crippen LogP contribution in [-0.4, -0.2) is 19.0 Å². The minimum atomic E-state index is -0.510. The topological polar surface area (TPSA) is 46.6 Å². The van der Waals surface area contributed by atoms with Crippen molar-refractivity contribution in [3.8, 4) is 0 Å². The fourth-order valence-corrected chi connectivity index (χ4v) is 3.07. The zero-order chi connectivity index (χ0) is 18.8. The van der Waals surface area contributed by atoms with Crippen molar-refractivity contribution < 1.29 is 14.3 Å². The van der Waals surface area contributed by atoms with Crippen LogP contribution in [0.1, 0.15) is 23.6 Å². The fourth-order valence-electron chi connectivity index (χ4n) is 3.07. The van der Waals surface area contributed by atoms with E-state index in [9.17, 15) is 9.59 Å². The second kappa shape index (κ2) is 7.00. The predicted octanol–water partition coefficient (Wildman–Crippen LogP) is 4.18. The lowest BCUT2D eigenvalue weighted by atomic mass is 10.0. The van der Waals surface area contributed by atoms with Crippen molar-refractivity contribution >= 4 is 23.6 Å². The molecule has 0 unspecified atom stereocenters. The third kappa shape index (κ3) is 3.06. The number of hydrogen-bond donors (Lipinski definition) is 0. The molecule has 0 saturated carbocycles. The van der Waals surface area contributed by atoms with Gasteiger partial charge in [-0.05, 0) is 55.7 Å². The molecule has 0 N–H and O–H groups in total. The number of carbonyl (C=O) groups excluding carboxylic acids is 2. The number of esters is 1. The van der Waals surface area contributed by atoms with Crippen LogP contribution in [0.2, 0.25) is 0 Å². The number of allylic oxidation sites excluding steroid dienone is 1. The second-order valence-corrected chi connectivity index (χ2v) is 6.33. The molecule has 4 heteroatoms. The van der Waals surface area contributed by atoms with E-state index in [-0.39, 0.29) is 5.91 Å². The van der Waals surface area contributed by atoms with E-state index in [1.807, 2.05) is 62.4 Å². The lowest BCUT2D eigenvalue weighted by Crippen LogP contribution is -2.24. The van der Waals surface area contributed by atoms with E-state index in [4.69, 9.17) is 4.74 Å². The fraction of sp³-hybridized carbons (Fsp3) is 0.182. The van der Waals surface area contributed by atoms with Crippen LogP contribution in [0.25, 0.3) is 6.08 Å². The minimum absolute atomic E-state index is 0.227. The van der Waals surface area contributed by atoms with Gasteiger partial charge in [-0.15, -0.1) is 0 Å². The van der Waals surface area contributed by atoms with E-state index in [2.05, 4.69) is 0 Å². The van der Waals surface area contributed by atoms with Crippen molar-refractivity contribution in [1.29, 1.82) is 0 Å². The maximum atomic E-state index is 13.2. The third-order valence-corrected chi connectivity index (χ3v) is 4.65. The molecule has 1 aliphatic rings. The number of benzene rings is 2. The van der Waals surface area contributed by atoms with Crippen molar-refractivity contribution in [3.05, 3.63) is 82.1 Å². The first kappa shape index (κ1) is 17.7. The molecule has 0 bridgehead atoms. The molecule has 132 valence electrons. The Morgan fingerprint density at radius 1 is 1.00 bits per heavy atom. The molecule has 1 amide bonds. The molecule has 0 spiro atoms. The molecular formula is C22H21NO3. The zero-order valence-electron chi connectivity index (χ0n) is 15.4. The Labute approximate surface area is 153 Å². The summed E-state index contributed by atoms with van der Waals surface area (Å²) < 4.78 is 4.93. The summed E-state index contributed by atoms with van der Waals surface area (Å²) >= 11 is 0. The SMILES string of the molecule is COC(=O)C1=C(C)N(c2ccc(C)c(C)c2)C(=O)/C1=C\c1ccccc1. The minimum Gasteiger partial charge on any atom is -0.465 e. The van der Waals surface area contributed by atoms with Crippen LogP contribution in [0, 0.1) is 13.8 Å². The van der Waals surface area contributed by atoms with E-state index in [1.54, 1.807) is 17.9 Å². The van der Waals surface area contributed by atoms with Gasteiger partial charge in [-0.3, -0.25) is 9.69 Å². The molecule has 2 aromatic carbocycles. The first-order valence-electron chi connectivity index (χ1n) is 8.42. The summed E-state index contributed by atoms with van der Waals surface area (Å²) in [5, 5.41) is 0. The van der Waals surface area contributed by atoms with Crippen LogP contribution in [0.5, 0.6) is 0 Å². The quantitative estimate of drug-likeness (QED) is 0.618. The summed E-state index contributed by atoms with van der Waals surface area (Å²) in [6, 6.07) is 15.3. The van der Waals surface area contributed by atoms with Crippen molar-refractivity contribution in [2.45, 2.75) is 20.8 Å². The lowest BCUT2D eigenvalue weighted by Gasteiger charge is -2.19. The Kier molecular flexibility index (Phi) is 4.76. The van der Waals surface area contributed by atoms with Crippen LogP contribution in [0.3, 0.4) is 0 Å². The zero-order valence-corrected chi connectivity index (χ0v) is 15.4. The monoisotopic (exact) mass is 347 g/mol. The molecule has 0 atom stereocenters. The highest BCUT2D eigenvalue weighted by Gasteiger charge is 2.37. The second-order valence-electron chi connectivity index (χ2n) is 6.33. The van der Waals surface area contributed by atoms with Gasteiger partial charge < -0.3 is 4.74 Å². The summed E-state index contributed by atoms with van der Waals surface area (Å²) in [6.45, 7) is 5.79. The summed E-state index contributed by atoms with van der Waals surface area (Å²) in [4.78, 5) is 27.1. The average Bonchev–Trinajstić information content (AvgIpc) is 2.88. The first-order chi connectivity index (χ1) is 12.4. The highest BCUT2D eigenvalue weighted by Crippen LogP contribution is 2.36. The number of hydrogen-bond acceptors (Lipinski definition) is 3. The summed E-state index contributed by atoms with van der Waals surface area (Å²) in [5.74, 6) is -0.737. The van der Waals surface area contributed by atoms with Gasteiger partial charge in [0.15, 0.2) is 0 Å². The number of aryl methyl sites for hydroxylation is 2. The maximum absolute atomic E-state index is 13.2. The van der Waals surface area contributed by atoms with Crippen LogP contribution >= 0.6 is 0 Å². The van der Waals surface area contributed by atoms with Gasteiger partial charge in [-0.2, -0.15) is 0 Å². The Bertz CT molecular complexity index is 939. The molecule has 0 saturated heterocycles. The number of methoxy groups -OCH3 is 1. The Balaban J connectivity index is 2.15. The Morgan fingerprint density at radius 2 is 1.69 bits per heavy atom. The van der Waals surface area contributed by atoms with Gasteiger partial charge in [0.1, 0.15) is 0 Å². The first-order valence-corrected chi connectivity index (χ1v) is 8.42. The summed E-state index contributed by atoms with van der Waals surface area (Å²) in [7, 11) is 1.33. The molecule has 3 rings (SSSR count). The number of carbonyl (C=O) groups is 2. The van der Waals surface area contributed by atoms with E-state index in [0.29, 0.717) is 16.8 Å². The molecule has 1 heterocycles. The van der Waals surface area contributed by atoms with Crippen molar-refractivity contribution in [3.63, 3.8) is 0 Å². The summed E-state index contributed by atoms with van der Waals surface area (Å²) in [5.41, 5.74) is 5.06. The number of ether oxygens (including phenoxy) is 1. The van der Waals surface area contributed by atoms with Gasteiger partial charge in [0, 0.05) is 11.4 Å². The van der Waals surface area contributed by atoms with Crippen LogP contribution < -0.4 is 4.90 Å². The number of anilines is 1. The smallest absolute Gasteiger partial charge is 0.340 e. The Hall–Kier alpha value is -3.14. The lowest BCUT2D eigenvalue weighted by molar-refractivity contribution is -0.136. The standard InChI is InChI=1S/C22H21NO3/c1-14-10-11-18(12-15(14)2)23-16(3)20(22(25)26-4)19(21(23)24)13-17-8-6-5-7-9-17/h5-13H,1-4H3/b19-13-. The molecule has 1 aliphatic heterocycles. The number of amides is 1. The third-order valence-electron chi connectivity index (χ3n) is 4.65. The molecule has 0 radical (unpaired) electrons. The number of rotatable bonds is 3. The van der Waals surface area contributed by atoms with Crippen LogP contribution in [-0.2, 0) is 14.3 Å². The van der Waals surface area contributed by atoms with Gasteiger partial charge in [-0.1, -0.05) is 36.4 Å². The van der Waals surface area contributed by atoms with E-state index < -0.39 is 5.97 Å². The summed E-state index contributed by atoms with van der Waals surface area (Å²) in [6.07, 6.45) is 1.74. The molecule has 26 heavy (non-hydrogen) atoms. The predicted molar refractivity (Wildman–Crippen MR) is 103 cm³/mol. The molecule has 0 aliphatic carbocycles. The van der Waals surface area contributed by atoms with Gasteiger partial charge in [0.25, 0.3) is 5.91 Å². The van der Waals surface area contributed by atoms with Crippen LogP contribution in [0.15, 0.2) is 65.4 Å². The number of nitrogens with zero attached hydrogens (tertiary/aromatic N) is 1. The molecule has 0 fully saturated rings. The maximum Gasteiger partial charge on any atom is 0.340 e. The van der Waals surface area contributed by atoms with E-state index in [0.717, 1.165) is 22.4 Å².